The Bertz CT molecular complexity index is 419. The summed E-state index contributed by atoms with van der Waals surface area (Å²) >= 11 is 0. The van der Waals surface area contributed by atoms with Crippen molar-refractivity contribution in [2.45, 2.75) is 41.5 Å². The van der Waals surface area contributed by atoms with E-state index in [0.29, 0.717) is 0 Å². The number of aliphatic hydroxyl groups is 2. The quantitative estimate of drug-likeness (QED) is 0.381. The van der Waals surface area contributed by atoms with Crippen LogP contribution in [0.1, 0.15) is 41.5 Å². The third-order valence-electron chi connectivity index (χ3n) is 6.19. The number of hydrogen-bond donors (Lipinski definition) is 2. The largest absolute Gasteiger partial charge is 0.475 e. The van der Waals surface area contributed by atoms with Crippen LogP contribution in [0.25, 0.3) is 0 Å². The molecule has 0 heterocycles. The predicted octanol–water partition coefficient (Wildman–Crippen LogP) is 3.74. The zero-order chi connectivity index (χ0) is 13.2. The molecule has 108 valence electrons. The second kappa shape index (κ2) is 9.48. The van der Waals surface area contributed by atoms with Crippen LogP contribution in [-0.2, 0) is 131 Å². The van der Waals surface area contributed by atoms with Crippen molar-refractivity contribution in [1.82, 2.24) is 0 Å². The minimum Gasteiger partial charge on any atom is -0.475 e. The summed E-state index contributed by atoms with van der Waals surface area (Å²) in [5.74, 6) is 0. The molecule has 2 aliphatic carbocycles. The van der Waals surface area contributed by atoms with Crippen molar-refractivity contribution >= 4 is 0 Å². The first-order chi connectivity index (χ1) is 7.71. The van der Waals surface area contributed by atoms with Gasteiger partial charge in [0, 0.05) is 131 Å². The molecule has 4 radical (unpaired) electrons. The van der Waals surface area contributed by atoms with Crippen molar-refractivity contribution in [3.8, 4) is 0 Å². The van der Waals surface area contributed by atoms with Gasteiger partial charge in [0.2, 0.25) is 0 Å². The Morgan fingerprint density at radius 1 is 0.667 bits per heavy atom. The van der Waals surface area contributed by atoms with Gasteiger partial charge >= 0.3 is 0 Å². The van der Waals surface area contributed by atoms with E-state index in [1.165, 1.54) is 24.4 Å². The van der Waals surface area contributed by atoms with E-state index in [1.807, 2.05) is 0 Å². The monoisotopic (exact) mass is 590 g/mol. The van der Waals surface area contributed by atoms with Gasteiger partial charge in [-0.15, -0.1) is 0 Å². The van der Waals surface area contributed by atoms with E-state index in [1.54, 1.807) is 0 Å². The summed E-state index contributed by atoms with van der Waals surface area (Å²) < 4.78 is 0. The molecule has 0 fully saturated rings. The molecule has 0 saturated carbocycles. The molecule has 2 N–H and O–H groups in total. The van der Waals surface area contributed by atoms with Crippen molar-refractivity contribution < 1.29 is 141 Å². The van der Waals surface area contributed by atoms with Crippen LogP contribution >= 0.6 is 0 Å². The Morgan fingerprint density at radius 2 is 0.905 bits per heavy atom. The Morgan fingerprint density at radius 3 is 1.10 bits per heavy atom. The average Bonchev–Trinajstić information content (AvgIpc) is 2.48. The number of aliphatic hydroxyl groups excluding tert-OH is 2. The molecule has 21 heavy (non-hydrogen) atoms. The van der Waals surface area contributed by atoms with Gasteiger partial charge in [-0.3, -0.25) is 0 Å². The van der Waals surface area contributed by atoms with E-state index in [9.17, 15) is 10.2 Å². The van der Waals surface area contributed by atoms with Crippen molar-refractivity contribution in [3.05, 3.63) is 35.5 Å². The first kappa shape index (κ1) is 29.3. The molecular weight excluding hydrogens is 568 g/mol. The van der Waals surface area contributed by atoms with Gasteiger partial charge in [0.1, 0.15) is 0 Å². The second-order valence-electron chi connectivity index (χ2n) is 6.21. The molecule has 0 amide bonds. The predicted molar refractivity (Wildman–Crippen MR) is 67.9 cm³/mol. The molecule has 2 bridgehead atoms. The Hall–Kier alpha value is 3.56. The van der Waals surface area contributed by atoms with Crippen LogP contribution in [0.3, 0.4) is 0 Å². The maximum absolute atomic E-state index is 9.57. The van der Waals surface area contributed by atoms with E-state index in [4.69, 9.17) is 0 Å². The van der Waals surface area contributed by atoms with Crippen molar-refractivity contribution in [2.75, 3.05) is 0 Å². The first-order valence-electron chi connectivity index (χ1n) is 6.09. The van der Waals surface area contributed by atoms with E-state index in [0.717, 1.165) is 11.1 Å². The third kappa shape index (κ3) is 3.30. The molecule has 0 aliphatic heterocycles. The fourth-order valence-electron chi connectivity index (χ4n) is 4.20. The molecule has 0 saturated heterocycles. The maximum atomic E-state index is 9.57. The standard InChI is InChI=1S/C15H22O2.4Y/c1-9-10(2)15(6)12(8-17)11(7-16)14(9,5)13(15,3)4;;;;/h7-8,16-17H,1-6H3;;;;/q-2;;;;. The molecule has 2 rings (SSSR count). The molecule has 2 unspecified atom stereocenters. The topological polar surface area (TPSA) is 40.5 Å². The Kier molecular flexibility index (Phi) is 13.2. The minimum absolute atomic E-state index is 0. The zero-order valence-electron chi connectivity index (χ0n) is 13.9. The van der Waals surface area contributed by atoms with Gasteiger partial charge < -0.3 is 21.4 Å². The fraction of sp³-hybridized carbons (Fsp3) is 0.600. The van der Waals surface area contributed by atoms with E-state index in [2.05, 4.69) is 41.5 Å². The molecule has 2 aliphatic rings. The van der Waals surface area contributed by atoms with Crippen molar-refractivity contribution in [3.63, 3.8) is 0 Å². The molecule has 0 aromatic heterocycles. The van der Waals surface area contributed by atoms with E-state index >= 15 is 0 Å². The van der Waals surface area contributed by atoms with Crippen LogP contribution in [0.4, 0.5) is 0 Å². The van der Waals surface area contributed by atoms with Gasteiger partial charge in [0.05, 0.1) is 0 Å². The van der Waals surface area contributed by atoms with Gasteiger partial charge in [-0.1, -0.05) is 49.7 Å². The number of allylic oxidation sites excluding steroid dienone is 2. The van der Waals surface area contributed by atoms with Crippen molar-refractivity contribution in [1.29, 1.82) is 0 Å². The molecule has 2 atom stereocenters. The van der Waals surface area contributed by atoms with Crippen LogP contribution in [-0.4, -0.2) is 10.2 Å². The molecular formula is C15H22O2Y4-2. The van der Waals surface area contributed by atoms with Crippen LogP contribution in [0.2, 0.25) is 0 Å². The first-order valence-corrected chi connectivity index (χ1v) is 6.09. The molecule has 2 nitrogen and oxygen atoms in total. The second-order valence-corrected chi connectivity index (χ2v) is 6.21. The normalized spacial score (nSPS) is 31.6. The average molecular weight is 590 g/mol. The fourth-order valence-corrected chi connectivity index (χ4v) is 4.20. The zero-order valence-corrected chi connectivity index (χ0v) is 25.2. The van der Waals surface area contributed by atoms with Gasteiger partial charge in [0.25, 0.3) is 0 Å². The molecule has 0 aromatic carbocycles. The molecule has 0 spiro atoms. The Labute approximate surface area is 230 Å². The minimum atomic E-state index is -0.199. The smallest absolute Gasteiger partial charge is 0 e. The molecule has 6 heteroatoms. The van der Waals surface area contributed by atoms with Crippen LogP contribution < -0.4 is 0 Å². The van der Waals surface area contributed by atoms with Gasteiger partial charge in [-0.05, 0) is 19.3 Å². The maximum Gasteiger partial charge on any atom is 0 e. The van der Waals surface area contributed by atoms with E-state index in [-0.39, 0.29) is 147 Å². The van der Waals surface area contributed by atoms with Crippen LogP contribution in [0.5, 0.6) is 0 Å². The van der Waals surface area contributed by atoms with E-state index < -0.39 is 0 Å². The van der Waals surface area contributed by atoms with Crippen molar-refractivity contribution in [2.24, 2.45) is 16.2 Å². The number of rotatable bonds is 2. The van der Waals surface area contributed by atoms with Gasteiger partial charge in [-0.2, -0.15) is 13.2 Å². The molecule has 0 aromatic rings. The number of hydrogen-bond acceptors (Lipinski definition) is 2. The SMILES string of the molecule is CC1=C(C)C2(C)C([CH-]O)=C([CH-]O)C1(C)C2(C)C.[Y].[Y].[Y].[Y]. The summed E-state index contributed by atoms with van der Waals surface area (Å²) in [4.78, 5) is 0. The summed E-state index contributed by atoms with van der Waals surface area (Å²) in [6.07, 6.45) is 0. The van der Waals surface area contributed by atoms with Crippen LogP contribution in [0.15, 0.2) is 22.3 Å². The van der Waals surface area contributed by atoms with Gasteiger partial charge in [0.15, 0.2) is 0 Å². The Balaban J connectivity index is -0.000000810. The summed E-state index contributed by atoms with van der Waals surface area (Å²) in [7, 11) is 0. The summed E-state index contributed by atoms with van der Waals surface area (Å²) in [5.41, 5.74) is 3.90. The van der Waals surface area contributed by atoms with Gasteiger partial charge in [-0.25, -0.2) is 0 Å². The van der Waals surface area contributed by atoms with Crippen LogP contribution in [0, 0.1) is 29.5 Å². The summed E-state index contributed by atoms with van der Waals surface area (Å²) in [6.45, 7) is 15.4. The summed E-state index contributed by atoms with van der Waals surface area (Å²) in [5, 5.41) is 19.1. The number of fused-ring (bicyclic) bond motifs is 2. The third-order valence-corrected chi connectivity index (χ3v) is 6.19. The summed E-state index contributed by atoms with van der Waals surface area (Å²) in [6, 6.07) is 0.